The number of methoxy groups -OCH3 is 1. The molecule has 2 atom stereocenters. The topological polar surface area (TPSA) is 66.8 Å². The Hall–Kier alpha value is -1.62. The van der Waals surface area contributed by atoms with E-state index in [1.165, 1.54) is 39.2 Å². The lowest BCUT2D eigenvalue weighted by atomic mass is 9.85. The molecule has 0 aromatic heterocycles. The van der Waals surface area contributed by atoms with E-state index < -0.39 is 23.3 Å². The highest BCUT2D eigenvalue weighted by molar-refractivity contribution is 5.78. The zero-order valence-electron chi connectivity index (χ0n) is 9.90. The number of aliphatic hydroxyl groups is 1. The van der Waals surface area contributed by atoms with Gasteiger partial charge in [0.25, 0.3) is 0 Å². The first-order valence-electron chi connectivity index (χ1n) is 5.10. The second kappa shape index (κ2) is 4.71. The molecule has 0 spiro atoms. The molecule has 94 valence electrons. The van der Waals surface area contributed by atoms with Crippen LogP contribution in [0.2, 0.25) is 0 Å². The minimum Gasteiger partial charge on any atom is -0.494 e. The molecule has 1 rings (SSSR count). The zero-order valence-corrected chi connectivity index (χ0v) is 9.90. The number of carbonyl (C=O) groups is 1. The molecule has 1 aromatic rings. The Balaban J connectivity index is 3.09. The van der Waals surface area contributed by atoms with Gasteiger partial charge in [0.15, 0.2) is 17.2 Å². The largest absolute Gasteiger partial charge is 0.494 e. The lowest BCUT2D eigenvalue weighted by Crippen LogP contribution is -2.40. The number of hydrogen-bond acceptors (Lipinski definition) is 3. The zero-order chi connectivity index (χ0) is 13.2. The van der Waals surface area contributed by atoms with Crippen LogP contribution in [0.25, 0.3) is 0 Å². The average Bonchev–Trinajstić information content (AvgIpc) is 2.27. The summed E-state index contributed by atoms with van der Waals surface area (Å²) >= 11 is 0. The van der Waals surface area contributed by atoms with Gasteiger partial charge in [-0.1, -0.05) is 13.0 Å². The van der Waals surface area contributed by atoms with E-state index in [1.807, 2.05) is 0 Å². The Morgan fingerprint density at radius 1 is 1.53 bits per heavy atom. The molecule has 5 heteroatoms. The van der Waals surface area contributed by atoms with Crippen LogP contribution in [0, 0.1) is 5.82 Å². The third-order valence-electron chi connectivity index (χ3n) is 2.95. The molecule has 0 saturated carbocycles. The van der Waals surface area contributed by atoms with E-state index in [1.54, 1.807) is 0 Å². The number of halogens is 1. The molecule has 1 aromatic carbocycles. The molecule has 4 nitrogen and oxygen atoms in total. The quantitative estimate of drug-likeness (QED) is 0.844. The molecule has 0 fully saturated rings. The minimum absolute atomic E-state index is 0.0796. The highest BCUT2D eigenvalue weighted by atomic mass is 19.1. The van der Waals surface area contributed by atoms with Gasteiger partial charge in [-0.2, -0.15) is 0 Å². The first-order chi connectivity index (χ1) is 7.80. The molecule has 0 aliphatic heterocycles. The summed E-state index contributed by atoms with van der Waals surface area (Å²) in [5, 5.41) is 18.7. The van der Waals surface area contributed by atoms with Crippen LogP contribution in [0.1, 0.15) is 25.3 Å². The Bertz CT molecular complexity index is 429. The normalized spacial score (nSPS) is 16.1. The standard InChI is InChI=1S/C12H15FO4/c1-7(12(2,16)11(14)15)8-4-5-10(17-3)9(13)6-8/h4-7,16H,1-3H3,(H,14,15). The number of benzene rings is 1. The molecule has 0 aliphatic rings. The number of carboxylic acid groups (broad SMARTS) is 1. The fourth-order valence-electron chi connectivity index (χ4n) is 1.46. The van der Waals surface area contributed by atoms with Crippen LogP contribution < -0.4 is 4.74 Å². The predicted octanol–water partition coefficient (Wildman–Crippen LogP) is 1.77. The number of aliphatic carboxylic acids is 1. The highest BCUT2D eigenvalue weighted by Gasteiger charge is 2.37. The van der Waals surface area contributed by atoms with E-state index in [9.17, 15) is 14.3 Å². The monoisotopic (exact) mass is 242 g/mol. The maximum Gasteiger partial charge on any atom is 0.336 e. The van der Waals surface area contributed by atoms with Gasteiger partial charge in [-0.25, -0.2) is 9.18 Å². The SMILES string of the molecule is COc1ccc(C(C)C(C)(O)C(=O)O)cc1F. The van der Waals surface area contributed by atoms with Crippen LogP contribution in [0.15, 0.2) is 18.2 Å². The van der Waals surface area contributed by atoms with Gasteiger partial charge < -0.3 is 14.9 Å². The van der Waals surface area contributed by atoms with Crippen LogP contribution in [0.5, 0.6) is 5.75 Å². The van der Waals surface area contributed by atoms with Crippen molar-refractivity contribution < 1.29 is 24.1 Å². The van der Waals surface area contributed by atoms with Gasteiger partial charge in [-0.15, -0.1) is 0 Å². The van der Waals surface area contributed by atoms with E-state index in [-0.39, 0.29) is 5.75 Å². The number of ether oxygens (including phenoxy) is 1. The fourth-order valence-corrected chi connectivity index (χ4v) is 1.46. The lowest BCUT2D eigenvalue weighted by molar-refractivity contribution is -0.158. The van der Waals surface area contributed by atoms with Crippen molar-refractivity contribution in [3.63, 3.8) is 0 Å². The number of carboxylic acids is 1. The lowest BCUT2D eigenvalue weighted by Gasteiger charge is -2.26. The van der Waals surface area contributed by atoms with Gasteiger partial charge in [0.1, 0.15) is 0 Å². The minimum atomic E-state index is -1.94. The van der Waals surface area contributed by atoms with Crippen molar-refractivity contribution >= 4 is 5.97 Å². The summed E-state index contributed by atoms with van der Waals surface area (Å²) in [6.07, 6.45) is 0. The number of hydrogen-bond donors (Lipinski definition) is 2. The van der Waals surface area contributed by atoms with E-state index >= 15 is 0 Å². The Labute approximate surface area is 98.7 Å². The smallest absolute Gasteiger partial charge is 0.336 e. The molecule has 2 unspecified atom stereocenters. The summed E-state index contributed by atoms with van der Waals surface area (Å²) in [4.78, 5) is 10.9. The van der Waals surface area contributed by atoms with Crippen LogP contribution in [-0.2, 0) is 4.79 Å². The van der Waals surface area contributed by atoms with Crippen LogP contribution >= 0.6 is 0 Å². The second-order valence-electron chi connectivity index (χ2n) is 4.07. The van der Waals surface area contributed by atoms with Crippen molar-refractivity contribution in [1.29, 1.82) is 0 Å². The maximum atomic E-state index is 13.4. The molecule has 0 amide bonds. The second-order valence-corrected chi connectivity index (χ2v) is 4.07. The summed E-state index contributed by atoms with van der Waals surface area (Å²) in [5.74, 6) is -2.59. The van der Waals surface area contributed by atoms with Crippen molar-refractivity contribution in [2.75, 3.05) is 7.11 Å². The van der Waals surface area contributed by atoms with Gasteiger partial charge in [0.05, 0.1) is 7.11 Å². The van der Waals surface area contributed by atoms with Crippen molar-refractivity contribution in [3.05, 3.63) is 29.6 Å². The molecular weight excluding hydrogens is 227 g/mol. The molecule has 0 bridgehead atoms. The molecule has 2 N–H and O–H groups in total. The van der Waals surface area contributed by atoms with E-state index in [2.05, 4.69) is 0 Å². The molecule has 0 saturated heterocycles. The third kappa shape index (κ3) is 2.55. The van der Waals surface area contributed by atoms with Gasteiger partial charge in [0, 0.05) is 5.92 Å². The summed E-state index contributed by atoms with van der Waals surface area (Å²) in [7, 11) is 1.34. The maximum absolute atomic E-state index is 13.4. The third-order valence-corrected chi connectivity index (χ3v) is 2.95. The number of rotatable bonds is 4. The Kier molecular flexibility index (Phi) is 3.72. The van der Waals surface area contributed by atoms with Crippen LogP contribution in [-0.4, -0.2) is 28.9 Å². The molecule has 0 aliphatic carbocycles. The first-order valence-corrected chi connectivity index (χ1v) is 5.10. The first kappa shape index (κ1) is 13.4. The van der Waals surface area contributed by atoms with Crippen LogP contribution in [0.4, 0.5) is 4.39 Å². The Morgan fingerprint density at radius 3 is 2.53 bits per heavy atom. The van der Waals surface area contributed by atoms with Crippen molar-refractivity contribution in [3.8, 4) is 5.75 Å². The molecule has 0 heterocycles. The van der Waals surface area contributed by atoms with Gasteiger partial charge in [-0.05, 0) is 24.6 Å². The van der Waals surface area contributed by atoms with Crippen molar-refractivity contribution in [1.82, 2.24) is 0 Å². The summed E-state index contributed by atoms with van der Waals surface area (Å²) in [6, 6.07) is 4.10. The highest BCUT2D eigenvalue weighted by Crippen LogP contribution is 2.30. The molecular formula is C12H15FO4. The Morgan fingerprint density at radius 2 is 2.12 bits per heavy atom. The van der Waals surface area contributed by atoms with Crippen LogP contribution in [0.3, 0.4) is 0 Å². The van der Waals surface area contributed by atoms with E-state index in [0.717, 1.165) is 0 Å². The van der Waals surface area contributed by atoms with E-state index in [0.29, 0.717) is 5.56 Å². The average molecular weight is 242 g/mol. The summed E-state index contributed by atoms with van der Waals surface area (Å²) in [5.41, 5.74) is -1.54. The van der Waals surface area contributed by atoms with E-state index in [4.69, 9.17) is 9.84 Å². The summed E-state index contributed by atoms with van der Waals surface area (Å²) in [6.45, 7) is 2.71. The fraction of sp³-hybridized carbons (Fsp3) is 0.417. The van der Waals surface area contributed by atoms with Gasteiger partial charge in [0.2, 0.25) is 0 Å². The predicted molar refractivity (Wildman–Crippen MR) is 59.6 cm³/mol. The van der Waals surface area contributed by atoms with Crippen molar-refractivity contribution in [2.45, 2.75) is 25.4 Å². The molecule has 17 heavy (non-hydrogen) atoms. The molecule has 0 radical (unpaired) electrons. The summed E-state index contributed by atoms with van der Waals surface area (Å²) < 4.78 is 18.2. The van der Waals surface area contributed by atoms with Gasteiger partial charge in [-0.3, -0.25) is 0 Å². The van der Waals surface area contributed by atoms with Gasteiger partial charge >= 0.3 is 5.97 Å². The van der Waals surface area contributed by atoms with Crippen molar-refractivity contribution in [2.24, 2.45) is 0 Å².